The second kappa shape index (κ2) is 5.54. The van der Waals surface area contributed by atoms with Crippen molar-refractivity contribution in [3.63, 3.8) is 0 Å². The van der Waals surface area contributed by atoms with Crippen molar-refractivity contribution in [3.8, 4) is 17.2 Å². The first kappa shape index (κ1) is 14.2. The lowest BCUT2D eigenvalue weighted by Crippen LogP contribution is -1.98. The van der Waals surface area contributed by atoms with Crippen molar-refractivity contribution in [3.05, 3.63) is 47.0 Å². The molecule has 0 amide bonds. The Kier molecular flexibility index (Phi) is 3.57. The zero-order valence-electron chi connectivity index (χ0n) is 11.9. The highest BCUT2D eigenvalue weighted by atomic mass is 35.5. The minimum Gasteiger partial charge on any atom is -0.234 e. The van der Waals surface area contributed by atoms with Gasteiger partial charge in [-0.25, -0.2) is 9.50 Å². The number of nitriles is 1. The van der Waals surface area contributed by atoms with Gasteiger partial charge in [0.05, 0.1) is 5.69 Å². The highest BCUT2D eigenvalue weighted by Gasteiger charge is 2.14. The molecule has 0 aliphatic rings. The maximum atomic E-state index is 9.28. The number of nitrogens with zero attached hydrogens (tertiary/aromatic N) is 6. The number of aryl methyl sites for hydroxylation is 1. The molecule has 0 saturated heterocycles. The van der Waals surface area contributed by atoms with Crippen molar-refractivity contribution in [1.29, 1.82) is 5.26 Å². The van der Waals surface area contributed by atoms with E-state index in [4.69, 9.17) is 11.6 Å². The van der Waals surface area contributed by atoms with Crippen molar-refractivity contribution in [1.82, 2.24) is 14.6 Å². The summed E-state index contributed by atoms with van der Waals surface area (Å²) in [5, 5.41) is 21.3. The van der Waals surface area contributed by atoms with Gasteiger partial charge in [-0.3, -0.25) is 0 Å². The molecule has 0 aliphatic carbocycles. The van der Waals surface area contributed by atoms with Gasteiger partial charge in [-0.1, -0.05) is 6.07 Å². The SMILES string of the molecule is CN=Nc1ccc(-c2ccn3nc(Cl)nc(C#N)c23)cc1C. The van der Waals surface area contributed by atoms with Crippen LogP contribution >= 0.6 is 11.6 Å². The fraction of sp³-hybridized carbons (Fsp3) is 0.133. The fourth-order valence-corrected chi connectivity index (χ4v) is 2.52. The molecule has 22 heavy (non-hydrogen) atoms. The molecule has 0 saturated carbocycles. The molecule has 0 aliphatic heterocycles. The van der Waals surface area contributed by atoms with Gasteiger partial charge in [0.1, 0.15) is 11.6 Å². The van der Waals surface area contributed by atoms with Crippen molar-refractivity contribution < 1.29 is 0 Å². The summed E-state index contributed by atoms with van der Waals surface area (Å²) in [6.45, 7) is 1.96. The fourth-order valence-electron chi connectivity index (χ4n) is 2.35. The summed E-state index contributed by atoms with van der Waals surface area (Å²) in [4.78, 5) is 3.99. The van der Waals surface area contributed by atoms with E-state index in [2.05, 4.69) is 26.4 Å². The maximum Gasteiger partial charge on any atom is 0.242 e. The summed E-state index contributed by atoms with van der Waals surface area (Å²) in [7, 11) is 1.63. The molecular weight excluding hydrogens is 300 g/mol. The lowest BCUT2D eigenvalue weighted by atomic mass is 10.0. The minimum atomic E-state index is 0.0427. The number of hydrogen-bond acceptors (Lipinski definition) is 5. The van der Waals surface area contributed by atoms with Crippen molar-refractivity contribution in [2.45, 2.75) is 6.92 Å². The molecule has 0 bridgehead atoms. The molecule has 2 aromatic heterocycles. The van der Waals surface area contributed by atoms with E-state index in [0.717, 1.165) is 22.4 Å². The Balaban J connectivity index is 2.23. The van der Waals surface area contributed by atoms with E-state index < -0.39 is 0 Å². The number of aromatic nitrogens is 3. The molecule has 1 aromatic carbocycles. The van der Waals surface area contributed by atoms with E-state index >= 15 is 0 Å². The van der Waals surface area contributed by atoms with Crippen LogP contribution in [0.3, 0.4) is 0 Å². The topological polar surface area (TPSA) is 78.7 Å². The normalized spacial score (nSPS) is 11.2. The molecule has 0 spiro atoms. The van der Waals surface area contributed by atoms with Crippen LogP contribution in [0.15, 0.2) is 40.7 Å². The van der Waals surface area contributed by atoms with Crippen molar-refractivity contribution >= 4 is 22.8 Å². The van der Waals surface area contributed by atoms with Crippen LogP contribution in [0.5, 0.6) is 0 Å². The van der Waals surface area contributed by atoms with Gasteiger partial charge in [-0.15, -0.1) is 5.10 Å². The Morgan fingerprint density at radius 3 is 2.82 bits per heavy atom. The summed E-state index contributed by atoms with van der Waals surface area (Å²) in [5.74, 6) is 0. The standard InChI is InChI=1S/C15H11ClN6/c1-9-7-10(3-4-12(9)20-18-2)11-5-6-22-14(11)13(8-17)19-15(16)21-22/h3-7H,1-2H3. The first-order valence-corrected chi connectivity index (χ1v) is 6.87. The molecule has 7 heteroatoms. The third-order valence-electron chi connectivity index (χ3n) is 3.31. The number of hydrogen-bond donors (Lipinski definition) is 0. The summed E-state index contributed by atoms with van der Waals surface area (Å²) in [5.41, 5.74) is 4.52. The van der Waals surface area contributed by atoms with Gasteiger partial charge in [0.15, 0.2) is 5.69 Å². The van der Waals surface area contributed by atoms with Crippen molar-refractivity contribution in [2.24, 2.45) is 10.2 Å². The van der Waals surface area contributed by atoms with Crippen LogP contribution in [0.4, 0.5) is 5.69 Å². The molecule has 3 aromatic rings. The Hall–Kier alpha value is -2.78. The first-order valence-electron chi connectivity index (χ1n) is 6.50. The predicted molar refractivity (Wildman–Crippen MR) is 83.3 cm³/mol. The number of azo groups is 1. The molecular formula is C15H11ClN6. The lowest BCUT2D eigenvalue weighted by molar-refractivity contribution is 0.898. The van der Waals surface area contributed by atoms with Crippen LogP contribution in [0.1, 0.15) is 11.3 Å². The third-order valence-corrected chi connectivity index (χ3v) is 3.47. The molecule has 2 heterocycles. The Morgan fingerprint density at radius 2 is 2.14 bits per heavy atom. The molecule has 0 atom stereocenters. The van der Waals surface area contributed by atoms with E-state index in [-0.39, 0.29) is 11.0 Å². The average Bonchev–Trinajstić information content (AvgIpc) is 2.92. The van der Waals surface area contributed by atoms with E-state index in [1.165, 1.54) is 0 Å². The van der Waals surface area contributed by atoms with Gasteiger partial charge in [0, 0.05) is 18.8 Å². The molecule has 0 N–H and O–H groups in total. The first-order chi connectivity index (χ1) is 10.6. The van der Waals surface area contributed by atoms with Gasteiger partial charge in [0.25, 0.3) is 0 Å². The highest BCUT2D eigenvalue weighted by Crippen LogP contribution is 2.31. The van der Waals surface area contributed by atoms with Crippen LogP contribution in [0.25, 0.3) is 16.6 Å². The van der Waals surface area contributed by atoms with Crippen LogP contribution < -0.4 is 0 Å². The van der Waals surface area contributed by atoms with E-state index in [1.807, 2.05) is 31.2 Å². The molecule has 0 fully saturated rings. The summed E-state index contributed by atoms with van der Waals surface area (Å²) < 4.78 is 1.57. The monoisotopic (exact) mass is 310 g/mol. The van der Waals surface area contributed by atoms with Gasteiger partial charge in [-0.2, -0.15) is 15.5 Å². The summed E-state index contributed by atoms with van der Waals surface area (Å²) in [6, 6.07) is 9.77. The third kappa shape index (κ3) is 2.32. The predicted octanol–water partition coefficient (Wildman–Crippen LogP) is 3.94. The second-order valence-corrected chi connectivity index (χ2v) is 5.00. The molecule has 3 rings (SSSR count). The van der Waals surface area contributed by atoms with Crippen LogP contribution in [-0.2, 0) is 0 Å². The zero-order chi connectivity index (χ0) is 15.7. The largest absolute Gasteiger partial charge is 0.242 e. The summed E-state index contributed by atoms with van der Waals surface area (Å²) in [6.07, 6.45) is 1.76. The quantitative estimate of drug-likeness (QED) is 0.672. The number of benzene rings is 1. The van der Waals surface area contributed by atoms with Crippen LogP contribution in [0.2, 0.25) is 5.28 Å². The van der Waals surface area contributed by atoms with Gasteiger partial charge < -0.3 is 0 Å². The van der Waals surface area contributed by atoms with E-state index in [0.29, 0.717) is 5.52 Å². The Morgan fingerprint density at radius 1 is 1.32 bits per heavy atom. The Labute approximate surface area is 131 Å². The zero-order valence-corrected chi connectivity index (χ0v) is 12.7. The number of fused-ring (bicyclic) bond motifs is 1. The van der Waals surface area contributed by atoms with Gasteiger partial charge in [-0.05, 0) is 47.9 Å². The minimum absolute atomic E-state index is 0.0427. The van der Waals surface area contributed by atoms with Gasteiger partial charge in [0.2, 0.25) is 5.28 Å². The maximum absolute atomic E-state index is 9.28. The average molecular weight is 311 g/mol. The van der Waals surface area contributed by atoms with E-state index in [9.17, 15) is 5.26 Å². The number of rotatable bonds is 2. The Bertz CT molecular complexity index is 935. The molecule has 0 unspecified atom stereocenters. The summed E-state index contributed by atoms with van der Waals surface area (Å²) >= 11 is 5.82. The molecule has 6 nitrogen and oxygen atoms in total. The number of halogens is 1. The molecule has 108 valence electrons. The smallest absolute Gasteiger partial charge is 0.234 e. The molecule has 0 radical (unpaired) electrons. The van der Waals surface area contributed by atoms with Crippen molar-refractivity contribution in [2.75, 3.05) is 7.05 Å². The van der Waals surface area contributed by atoms with Crippen LogP contribution in [-0.4, -0.2) is 21.6 Å². The highest BCUT2D eigenvalue weighted by molar-refractivity contribution is 6.28. The van der Waals surface area contributed by atoms with E-state index in [1.54, 1.807) is 17.8 Å². The second-order valence-electron chi connectivity index (χ2n) is 4.67. The van der Waals surface area contributed by atoms with Crippen LogP contribution in [0, 0.1) is 18.3 Å². The van der Waals surface area contributed by atoms with Gasteiger partial charge >= 0.3 is 0 Å². The lowest BCUT2D eigenvalue weighted by Gasteiger charge is -2.05.